The Balaban J connectivity index is 1.52. The van der Waals surface area contributed by atoms with Gasteiger partial charge in [-0.05, 0) is 67.4 Å². The number of esters is 1. The van der Waals surface area contributed by atoms with Crippen molar-refractivity contribution in [1.82, 2.24) is 4.90 Å². The third kappa shape index (κ3) is 6.40. The van der Waals surface area contributed by atoms with Crippen molar-refractivity contribution in [2.24, 2.45) is 0 Å². The van der Waals surface area contributed by atoms with Crippen molar-refractivity contribution in [3.8, 4) is 11.5 Å². The molecule has 0 aliphatic carbocycles. The molecule has 1 fully saturated rings. The van der Waals surface area contributed by atoms with Gasteiger partial charge in [-0.25, -0.2) is 14.5 Å². The summed E-state index contributed by atoms with van der Waals surface area (Å²) in [6, 6.07) is 18.8. The summed E-state index contributed by atoms with van der Waals surface area (Å²) < 4.78 is 15.4. The van der Waals surface area contributed by atoms with E-state index >= 15 is 0 Å². The van der Waals surface area contributed by atoms with E-state index in [1.807, 2.05) is 24.3 Å². The number of nitrogens with zero attached hydrogens (tertiary/aromatic N) is 2. The SMILES string of the molecule is CCOC(=O)c1ccc(NC(=O)C[C@H]2C(=O)N(c3cccc(OC)c3)C(=O)N2CCc2ccc(OC)cc2)cc1. The number of anilines is 2. The Labute approximate surface area is 232 Å². The van der Waals surface area contributed by atoms with E-state index in [0.717, 1.165) is 10.5 Å². The molecule has 0 aromatic heterocycles. The molecule has 0 unspecified atom stereocenters. The molecule has 0 spiro atoms. The second kappa shape index (κ2) is 12.8. The number of imide groups is 1. The van der Waals surface area contributed by atoms with Crippen molar-refractivity contribution in [3.05, 3.63) is 83.9 Å². The highest BCUT2D eigenvalue weighted by Crippen LogP contribution is 2.30. The molecule has 10 nitrogen and oxygen atoms in total. The van der Waals surface area contributed by atoms with E-state index in [9.17, 15) is 19.2 Å². The van der Waals surface area contributed by atoms with Crippen LogP contribution in [-0.2, 0) is 20.7 Å². The maximum atomic E-state index is 13.6. The van der Waals surface area contributed by atoms with Gasteiger partial charge in [-0.15, -0.1) is 0 Å². The molecule has 1 saturated heterocycles. The summed E-state index contributed by atoms with van der Waals surface area (Å²) >= 11 is 0. The van der Waals surface area contributed by atoms with Crippen molar-refractivity contribution in [2.75, 3.05) is 37.6 Å². The van der Waals surface area contributed by atoms with E-state index < -0.39 is 29.9 Å². The molecule has 0 bridgehead atoms. The fourth-order valence-corrected chi connectivity index (χ4v) is 4.41. The van der Waals surface area contributed by atoms with Crippen molar-refractivity contribution in [3.63, 3.8) is 0 Å². The van der Waals surface area contributed by atoms with Gasteiger partial charge in [0, 0.05) is 18.3 Å². The predicted octanol–water partition coefficient (Wildman–Crippen LogP) is 4.29. The van der Waals surface area contributed by atoms with E-state index in [4.69, 9.17) is 14.2 Å². The normalized spacial score (nSPS) is 14.7. The van der Waals surface area contributed by atoms with E-state index in [-0.39, 0.29) is 19.6 Å². The van der Waals surface area contributed by atoms with Gasteiger partial charge in [0.2, 0.25) is 5.91 Å². The fourth-order valence-electron chi connectivity index (χ4n) is 4.41. The number of rotatable bonds is 11. The molecule has 4 amide bonds. The average molecular weight is 546 g/mol. The van der Waals surface area contributed by atoms with E-state index in [2.05, 4.69) is 5.32 Å². The van der Waals surface area contributed by atoms with Crippen LogP contribution in [-0.4, -0.2) is 62.1 Å². The van der Waals surface area contributed by atoms with Crippen LogP contribution in [0.2, 0.25) is 0 Å². The molecule has 3 aromatic rings. The summed E-state index contributed by atoms with van der Waals surface area (Å²) in [5.41, 5.74) is 2.12. The minimum atomic E-state index is -1.00. The quantitative estimate of drug-likeness (QED) is 0.282. The molecular formula is C30H31N3O7. The number of methoxy groups -OCH3 is 2. The zero-order valence-electron chi connectivity index (χ0n) is 22.6. The molecule has 40 heavy (non-hydrogen) atoms. The van der Waals surface area contributed by atoms with Crippen molar-refractivity contribution < 1.29 is 33.4 Å². The number of carbonyl (C=O) groups excluding carboxylic acids is 4. The van der Waals surface area contributed by atoms with Gasteiger partial charge in [0.1, 0.15) is 17.5 Å². The van der Waals surface area contributed by atoms with Crippen LogP contribution in [0, 0.1) is 0 Å². The Hall–Kier alpha value is -4.86. The smallest absolute Gasteiger partial charge is 0.338 e. The Bertz CT molecular complexity index is 1370. The summed E-state index contributed by atoms with van der Waals surface area (Å²) in [4.78, 5) is 54.5. The standard InChI is InChI=1S/C30H31N3O7/c1-4-40-29(36)21-10-12-22(13-11-21)31-27(34)19-26-28(35)33(23-6-5-7-25(18-23)39-3)30(37)32(26)17-16-20-8-14-24(38-2)15-9-20/h5-15,18,26H,4,16-17,19H2,1-3H3,(H,31,34)/t26-/m0/s1. The van der Waals surface area contributed by atoms with Crippen molar-refractivity contribution in [1.29, 1.82) is 0 Å². The average Bonchev–Trinajstić information content (AvgIpc) is 3.20. The Morgan fingerprint density at radius 2 is 1.60 bits per heavy atom. The lowest BCUT2D eigenvalue weighted by Crippen LogP contribution is -2.39. The van der Waals surface area contributed by atoms with Gasteiger partial charge in [0.05, 0.1) is 38.5 Å². The number of nitrogens with one attached hydrogen (secondary N) is 1. The van der Waals surface area contributed by atoms with Crippen LogP contribution in [0.15, 0.2) is 72.8 Å². The molecule has 3 aromatic carbocycles. The lowest BCUT2D eigenvalue weighted by Gasteiger charge is -2.21. The Morgan fingerprint density at radius 3 is 2.25 bits per heavy atom. The van der Waals surface area contributed by atoms with E-state index in [1.54, 1.807) is 62.6 Å². The lowest BCUT2D eigenvalue weighted by atomic mass is 10.1. The zero-order chi connectivity index (χ0) is 28.6. The molecule has 4 rings (SSSR count). The van der Waals surface area contributed by atoms with Crippen LogP contribution >= 0.6 is 0 Å². The molecule has 10 heteroatoms. The third-order valence-electron chi connectivity index (χ3n) is 6.49. The van der Waals surface area contributed by atoms with Crippen molar-refractivity contribution >= 4 is 35.2 Å². The first kappa shape index (κ1) is 28.2. The van der Waals surface area contributed by atoms with Crippen LogP contribution < -0.4 is 19.7 Å². The van der Waals surface area contributed by atoms with Crippen LogP contribution in [0.25, 0.3) is 0 Å². The van der Waals surface area contributed by atoms with Gasteiger partial charge in [-0.1, -0.05) is 18.2 Å². The highest BCUT2D eigenvalue weighted by Gasteiger charge is 2.46. The fraction of sp³-hybridized carbons (Fsp3) is 0.267. The molecule has 1 heterocycles. The van der Waals surface area contributed by atoms with Crippen LogP contribution in [0.4, 0.5) is 16.2 Å². The largest absolute Gasteiger partial charge is 0.497 e. The molecular weight excluding hydrogens is 514 g/mol. The van der Waals surface area contributed by atoms with Gasteiger partial charge >= 0.3 is 12.0 Å². The van der Waals surface area contributed by atoms with Gasteiger partial charge in [-0.3, -0.25) is 9.59 Å². The second-order valence-corrected chi connectivity index (χ2v) is 9.02. The summed E-state index contributed by atoms with van der Waals surface area (Å²) in [7, 11) is 3.08. The number of carbonyl (C=O) groups is 4. The summed E-state index contributed by atoms with van der Waals surface area (Å²) in [6.07, 6.45) is 0.232. The molecule has 1 N–H and O–H groups in total. The summed E-state index contributed by atoms with van der Waals surface area (Å²) in [5.74, 6) is -0.195. The lowest BCUT2D eigenvalue weighted by molar-refractivity contribution is -0.124. The van der Waals surface area contributed by atoms with E-state index in [1.165, 1.54) is 12.0 Å². The number of amides is 4. The van der Waals surface area contributed by atoms with Crippen LogP contribution in [0.3, 0.4) is 0 Å². The number of ether oxygens (including phenoxy) is 3. The van der Waals surface area contributed by atoms with Gasteiger partial charge < -0.3 is 24.4 Å². The highest BCUT2D eigenvalue weighted by molar-refractivity contribution is 6.22. The topological polar surface area (TPSA) is 114 Å². The maximum absolute atomic E-state index is 13.6. The maximum Gasteiger partial charge on any atom is 0.338 e. The number of benzene rings is 3. The summed E-state index contributed by atoms with van der Waals surface area (Å²) in [5, 5.41) is 2.75. The molecule has 1 atom stereocenters. The molecule has 0 saturated carbocycles. The molecule has 0 radical (unpaired) electrons. The number of hydrogen-bond donors (Lipinski definition) is 1. The summed E-state index contributed by atoms with van der Waals surface area (Å²) in [6.45, 7) is 2.20. The monoisotopic (exact) mass is 545 g/mol. The Kier molecular flexibility index (Phi) is 9.00. The number of urea groups is 1. The van der Waals surface area contributed by atoms with Crippen LogP contribution in [0.1, 0.15) is 29.3 Å². The molecule has 1 aliphatic rings. The van der Waals surface area contributed by atoms with Gasteiger partial charge in [-0.2, -0.15) is 0 Å². The Morgan fingerprint density at radius 1 is 0.900 bits per heavy atom. The number of hydrogen-bond acceptors (Lipinski definition) is 7. The van der Waals surface area contributed by atoms with Crippen LogP contribution in [0.5, 0.6) is 11.5 Å². The minimum absolute atomic E-state index is 0.226. The molecule has 208 valence electrons. The highest BCUT2D eigenvalue weighted by atomic mass is 16.5. The van der Waals surface area contributed by atoms with E-state index in [0.29, 0.717) is 34.9 Å². The van der Waals surface area contributed by atoms with Gasteiger partial charge in [0.25, 0.3) is 5.91 Å². The first-order chi connectivity index (χ1) is 19.3. The third-order valence-corrected chi connectivity index (χ3v) is 6.49. The first-order valence-electron chi connectivity index (χ1n) is 12.8. The molecule has 1 aliphatic heterocycles. The zero-order valence-corrected chi connectivity index (χ0v) is 22.6. The van der Waals surface area contributed by atoms with Crippen molar-refractivity contribution in [2.45, 2.75) is 25.8 Å². The van der Waals surface area contributed by atoms with Gasteiger partial charge in [0.15, 0.2) is 0 Å². The minimum Gasteiger partial charge on any atom is -0.497 e. The first-order valence-corrected chi connectivity index (χ1v) is 12.8. The second-order valence-electron chi connectivity index (χ2n) is 9.02. The predicted molar refractivity (Wildman–Crippen MR) is 149 cm³/mol.